The first-order valence-electron chi connectivity index (χ1n) is 10.1. The van der Waals surface area contributed by atoms with Crippen molar-refractivity contribution in [2.75, 3.05) is 7.05 Å². The van der Waals surface area contributed by atoms with Crippen LogP contribution in [0.5, 0.6) is 11.5 Å². The maximum atomic E-state index is 12.9. The van der Waals surface area contributed by atoms with Crippen LogP contribution in [-0.4, -0.2) is 35.0 Å². The molecule has 1 fully saturated rings. The zero-order valence-electron chi connectivity index (χ0n) is 18.2. The van der Waals surface area contributed by atoms with Gasteiger partial charge in [-0.1, -0.05) is 42.5 Å². The van der Waals surface area contributed by atoms with E-state index in [2.05, 4.69) is 0 Å². The minimum atomic E-state index is -0.552. The molecule has 1 aliphatic rings. The fourth-order valence-corrected chi connectivity index (χ4v) is 4.28. The van der Waals surface area contributed by atoms with Gasteiger partial charge in [0.1, 0.15) is 0 Å². The van der Waals surface area contributed by atoms with Crippen LogP contribution in [0.2, 0.25) is 0 Å². The van der Waals surface area contributed by atoms with Crippen molar-refractivity contribution < 1.29 is 23.9 Å². The van der Waals surface area contributed by atoms with Gasteiger partial charge in [0.2, 0.25) is 0 Å². The van der Waals surface area contributed by atoms with Crippen LogP contribution in [-0.2, 0) is 14.4 Å². The molecule has 1 amide bonds. The predicted octanol–water partition coefficient (Wildman–Crippen LogP) is 4.92. The first-order chi connectivity index (χ1) is 15.8. The Balaban J connectivity index is 1.67. The molecule has 3 aromatic carbocycles. The number of aliphatic imine (C=N–C) groups is 1. The summed E-state index contributed by atoms with van der Waals surface area (Å²) in [4.78, 5) is 42.3. The van der Waals surface area contributed by atoms with Gasteiger partial charge in [-0.05, 0) is 47.0 Å². The van der Waals surface area contributed by atoms with Gasteiger partial charge in [-0.3, -0.25) is 19.3 Å². The van der Waals surface area contributed by atoms with Crippen LogP contribution < -0.4 is 9.47 Å². The van der Waals surface area contributed by atoms with Crippen molar-refractivity contribution in [2.45, 2.75) is 13.8 Å². The average Bonchev–Trinajstić information content (AvgIpc) is 3.03. The molecule has 0 aromatic heterocycles. The molecule has 3 aromatic rings. The van der Waals surface area contributed by atoms with Gasteiger partial charge < -0.3 is 9.47 Å². The number of esters is 2. The molecule has 1 saturated heterocycles. The molecule has 8 heteroatoms. The molecule has 1 heterocycles. The molecule has 0 bridgehead atoms. The number of fused-ring (bicyclic) bond motifs is 1. The summed E-state index contributed by atoms with van der Waals surface area (Å²) in [6.45, 7) is 2.51. The van der Waals surface area contributed by atoms with E-state index < -0.39 is 11.9 Å². The number of rotatable bonds is 4. The third kappa shape index (κ3) is 4.96. The second-order valence-corrected chi connectivity index (χ2v) is 8.27. The molecule has 0 saturated carbocycles. The van der Waals surface area contributed by atoms with Crippen LogP contribution in [0.3, 0.4) is 0 Å². The number of amidine groups is 1. The molecule has 0 radical (unpaired) electrons. The highest BCUT2D eigenvalue weighted by atomic mass is 32.2. The standard InChI is InChI=1S/C25H20N2O5S/c1-15(28)31-21-12-11-17(13-22(21)32-16(2)29)14-23-24(30)27(3)25(33-23)26-20-10-6-8-18-7-4-5-9-19(18)20/h4-14H,1-3H3/b23-14-,26-25?. The van der Waals surface area contributed by atoms with Crippen LogP contribution in [0.25, 0.3) is 16.8 Å². The summed E-state index contributed by atoms with van der Waals surface area (Å²) in [5, 5.41) is 2.62. The maximum Gasteiger partial charge on any atom is 0.308 e. The van der Waals surface area contributed by atoms with Gasteiger partial charge in [0, 0.05) is 26.3 Å². The smallest absolute Gasteiger partial charge is 0.308 e. The van der Waals surface area contributed by atoms with Gasteiger partial charge >= 0.3 is 11.9 Å². The fourth-order valence-electron chi connectivity index (χ4n) is 3.30. The van der Waals surface area contributed by atoms with E-state index in [1.54, 1.807) is 25.3 Å². The largest absolute Gasteiger partial charge is 0.423 e. The Hall–Kier alpha value is -3.91. The van der Waals surface area contributed by atoms with Crippen LogP contribution in [0.1, 0.15) is 19.4 Å². The fraction of sp³-hybridized carbons (Fsp3) is 0.120. The van der Waals surface area contributed by atoms with Crippen molar-refractivity contribution >= 4 is 57.3 Å². The zero-order chi connectivity index (χ0) is 23.5. The van der Waals surface area contributed by atoms with Gasteiger partial charge in [0.15, 0.2) is 16.7 Å². The van der Waals surface area contributed by atoms with Gasteiger partial charge in [0.25, 0.3) is 5.91 Å². The lowest BCUT2D eigenvalue weighted by molar-refractivity contribution is -0.134. The number of hydrogen-bond acceptors (Lipinski definition) is 7. The maximum absolute atomic E-state index is 12.9. The van der Waals surface area contributed by atoms with Gasteiger partial charge in [-0.2, -0.15) is 0 Å². The number of ether oxygens (including phenoxy) is 2. The van der Waals surface area contributed by atoms with Crippen molar-refractivity contribution in [1.82, 2.24) is 4.90 Å². The van der Waals surface area contributed by atoms with E-state index in [0.717, 1.165) is 16.5 Å². The summed E-state index contributed by atoms with van der Waals surface area (Å²) in [6, 6.07) is 18.5. The molecular formula is C25H20N2O5S. The van der Waals surface area contributed by atoms with Crippen molar-refractivity contribution in [3.05, 3.63) is 71.1 Å². The number of carbonyl (C=O) groups excluding carboxylic acids is 3. The van der Waals surface area contributed by atoms with Crippen LogP contribution in [0.15, 0.2) is 70.6 Å². The normalized spacial score (nSPS) is 16.0. The first-order valence-corrected chi connectivity index (χ1v) is 10.9. The first kappa shape index (κ1) is 22.3. The molecule has 7 nitrogen and oxygen atoms in total. The Morgan fingerprint density at radius 2 is 1.64 bits per heavy atom. The number of carbonyl (C=O) groups is 3. The second-order valence-electron chi connectivity index (χ2n) is 7.26. The van der Waals surface area contributed by atoms with E-state index in [1.165, 1.54) is 36.6 Å². The molecule has 0 spiro atoms. The lowest BCUT2D eigenvalue weighted by Crippen LogP contribution is -2.23. The Bertz CT molecular complexity index is 1340. The zero-order valence-corrected chi connectivity index (χ0v) is 19.0. The highest BCUT2D eigenvalue weighted by molar-refractivity contribution is 8.18. The third-order valence-corrected chi connectivity index (χ3v) is 5.82. The topological polar surface area (TPSA) is 85.3 Å². The number of amides is 1. The van der Waals surface area contributed by atoms with Crippen molar-refractivity contribution in [2.24, 2.45) is 4.99 Å². The molecule has 33 heavy (non-hydrogen) atoms. The summed E-state index contributed by atoms with van der Waals surface area (Å²) >= 11 is 1.25. The van der Waals surface area contributed by atoms with Gasteiger partial charge in [-0.15, -0.1) is 0 Å². The summed E-state index contributed by atoms with van der Waals surface area (Å²) in [5.74, 6) is -1.06. The SMILES string of the molecule is CC(=O)Oc1ccc(/C=C2\SC(=Nc3cccc4ccccc34)N(C)C2=O)cc1OC(C)=O. The van der Waals surface area contributed by atoms with E-state index in [0.29, 0.717) is 15.6 Å². The van der Waals surface area contributed by atoms with Gasteiger partial charge in [-0.25, -0.2) is 4.99 Å². The molecule has 4 rings (SSSR count). The molecule has 0 N–H and O–H groups in total. The van der Waals surface area contributed by atoms with Crippen LogP contribution >= 0.6 is 11.8 Å². The monoisotopic (exact) mass is 460 g/mol. The van der Waals surface area contributed by atoms with Crippen molar-refractivity contribution in [3.8, 4) is 11.5 Å². The lowest BCUT2D eigenvalue weighted by Gasteiger charge is -2.09. The summed E-state index contributed by atoms with van der Waals surface area (Å²) in [5.41, 5.74) is 1.39. The quantitative estimate of drug-likeness (QED) is 0.312. The molecule has 0 aliphatic carbocycles. The number of likely N-dealkylation sites (N-methyl/N-ethyl adjacent to an activating group) is 1. The number of hydrogen-bond donors (Lipinski definition) is 0. The third-order valence-electron chi connectivity index (χ3n) is 4.76. The van der Waals surface area contributed by atoms with E-state index >= 15 is 0 Å². The van der Waals surface area contributed by atoms with E-state index in [1.807, 2.05) is 42.5 Å². The molecule has 1 aliphatic heterocycles. The molecular weight excluding hydrogens is 440 g/mol. The minimum absolute atomic E-state index is 0.0977. The van der Waals surface area contributed by atoms with Crippen molar-refractivity contribution in [1.29, 1.82) is 0 Å². The summed E-state index contributed by atoms with van der Waals surface area (Å²) < 4.78 is 10.3. The molecule has 0 atom stereocenters. The lowest BCUT2D eigenvalue weighted by atomic mass is 10.1. The Labute approximate surface area is 194 Å². The van der Waals surface area contributed by atoms with Crippen LogP contribution in [0.4, 0.5) is 5.69 Å². The summed E-state index contributed by atoms with van der Waals surface area (Å²) in [6.07, 6.45) is 1.68. The average molecular weight is 461 g/mol. The Morgan fingerprint density at radius 1 is 0.939 bits per heavy atom. The number of nitrogens with zero attached hydrogens (tertiary/aromatic N) is 2. The number of benzene rings is 3. The highest BCUT2D eigenvalue weighted by Gasteiger charge is 2.30. The second kappa shape index (κ2) is 9.30. The van der Waals surface area contributed by atoms with E-state index in [-0.39, 0.29) is 17.4 Å². The molecule has 0 unspecified atom stereocenters. The summed E-state index contributed by atoms with van der Waals surface area (Å²) in [7, 11) is 1.67. The Kier molecular flexibility index (Phi) is 6.28. The van der Waals surface area contributed by atoms with Crippen molar-refractivity contribution in [3.63, 3.8) is 0 Å². The van der Waals surface area contributed by atoms with E-state index in [9.17, 15) is 14.4 Å². The molecule has 166 valence electrons. The Morgan fingerprint density at radius 3 is 2.39 bits per heavy atom. The van der Waals surface area contributed by atoms with E-state index in [4.69, 9.17) is 14.5 Å². The number of thioether (sulfide) groups is 1. The highest BCUT2D eigenvalue weighted by Crippen LogP contribution is 2.36. The predicted molar refractivity (Wildman–Crippen MR) is 128 cm³/mol. The van der Waals surface area contributed by atoms with Gasteiger partial charge in [0.05, 0.1) is 10.6 Å². The van der Waals surface area contributed by atoms with Crippen LogP contribution in [0, 0.1) is 0 Å². The minimum Gasteiger partial charge on any atom is -0.423 e.